The van der Waals surface area contributed by atoms with Crippen LogP contribution < -0.4 is 9.47 Å². The van der Waals surface area contributed by atoms with Gasteiger partial charge in [-0.25, -0.2) is 8.42 Å². The number of benzene rings is 1. The van der Waals surface area contributed by atoms with E-state index in [-0.39, 0.29) is 28.8 Å². The van der Waals surface area contributed by atoms with E-state index in [1.165, 1.54) is 10.4 Å². The van der Waals surface area contributed by atoms with Crippen molar-refractivity contribution < 1.29 is 22.7 Å². The molecule has 0 N–H and O–H groups in total. The third-order valence-corrected chi connectivity index (χ3v) is 7.22. The summed E-state index contributed by atoms with van der Waals surface area (Å²) in [4.78, 5) is 15.0. The zero-order valence-electron chi connectivity index (χ0n) is 17.1. The molecule has 28 heavy (non-hydrogen) atoms. The molecule has 0 aromatic heterocycles. The Hall–Kier alpha value is -1.80. The van der Waals surface area contributed by atoms with Crippen LogP contribution in [-0.2, 0) is 14.8 Å². The SMILES string of the molecule is CC(C)N(C(=O)C1CCN(S(=O)(=O)c2ccc3c(c2)OCCO3)CC1)C(C)C. The Labute approximate surface area is 167 Å². The number of piperidine rings is 1. The van der Waals surface area contributed by atoms with Crippen molar-refractivity contribution in [2.75, 3.05) is 26.3 Å². The van der Waals surface area contributed by atoms with Gasteiger partial charge in [-0.3, -0.25) is 4.79 Å². The topological polar surface area (TPSA) is 76.2 Å². The lowest BCUT2D eigenvalue weighted by molar-refractivity contribution is -0.140. The van der Waals surface area contributed by atoms with Crippen molar-refractivity contribution in [2.45, 2.75) is 57.5 Å². The molecule has 1 saturated heterocycles. The number of nitrogens with zero attached hydrogens (tertiary/aromatic N) is 2. The molecule has 0 atom stereocenters. The molecule has 0 aliphatic carbocycles. The van der Waals surface area contributed by atoms with Crippen molar-refractivity contribution in [3.63, 3.8) is 0 Å². The quantitative estimate of drug-likeness (QED) is 0.745. The third-order valence-electron chi connectivity index (χ3n) is 5.32. The van der Waals surface area contributed by atoms with Crippen LogP contribution in [0.4, 0.5) is 0 Å². The van der Waals surface area contributed by atoms with Crippen LogP contribution >= 0.6 is 0 Å². The van der Waals surface area contributed by atoms with E-state index < -0.39 is 10.0 Å². The van der Waals surface area contributed by atoms with Crippen molar-refractivity contribution in [1.29, 1.82) is 0 Å². The zero-order valence-corrected chi connectivity index (χ0v) is 17.9. The first-order chi connectivity index (χ1) is 13.2. The molecule has 0 bridgehead atoms. The average Bonchev–Trinajstić information content (AvgIpc) is 2.67. The molecule has 1 amide bonds. The van der Waals surface area contributed by atoms with E-state index in [9.17, 15) is 13.2 Å². The van der Waals surface area contributed by atoms with Crippen LogP contribution in [-0.4, -0.2) is 61.9 Å². The Morgan fingerprint density at radius 2 is 1.61 bits per heavy atom. The first-order valence-electron chi connectivity index (χ1n) is 9.93. The van der Waals surface area contributed by atoms with Crippen LogP contribution in [0.3, 0.4) is 0 Å². The van der Waals surface area contributed by atoms with Gasteiger partial charge < -0.3 is 14.4 Å². The second-order valence-corrected chi connectivity index (χ2v) is 9.85. The second-order valence-electron chi connectivity index (χ2n) is 7.92. The minimum Gasteiger partial charge on any atom is -0.486 e. The maximum atomic E-state index is 13.0. The molecule has 0 radical (unpaired) electrons. The fraction of sp³-hybridized carbons (Fsp3) is 0.650. The van der Waals surface area contributed by atoms with Gasteiger partial charge >= 0.3 is 0 Å². The smallest absolute Gasteiger partial charge is 0.243 e. The van der Waals surface area contributed by atoms with Gasteiger partial charge in [0.2, 0.25) is 15.9 Å². The summed E-state index contributed by atoms with van der Waals surface area (Å²) >= 11 is 0. The highest BCUT2D eigenvalue weighted by Crippen LogP contribution is 2.34. The molecular formula is C20H30N2O5S. The number of fused-ring (bicyclic) bond motifs is 1. The van der Waals surface area contributed by atoms with Crippen LogP contribution in [0.15, 0.2) is 23.1 Å². The van der Waals surface area contributed by atoms with Gasteiger partial charge in [-0.1, -0.05) is 0 Å². The van der Waals surface area contributed by atoms with Crippen molar-refractivity contribution in [1.82, 2.24) is 9.21 Å². The number of hydrogen-bond donors (Lipinski definition) is 0. The summed E-state index contributed by atoms with van der Waals surface area (Å²) in [6.45, 7) is 9.61. The van der Waals surface area contributed by atoms with Crippen LogP contribution in [0.5, 0.6) is 11.5 Å². The largest absolute Gasteiger partial charge is 0.486 e. The first-order valence-corrected chi connectivity index (χ1v) is 11.4. The summed E-state index contributed by atoms with van der Waals surface area (Å²) in [5.74, 6) is 1.02. The normalized spacial score (nSPS) is 18.5. The number of sulfonamides is 1. The second kappa shape index (κ2) is 8.29. The minimum absolute atomic E-state index is 0.126. The number of amides is 1. The highest BCUT2D eigenvalue weighted by Gasteiger charge is 2.35. The lowest BCUT2D eigenvalue weighted by atomic mass is 9.95. The summed E-state index contributed by atoms with van der Waals surface area (Å²) in [5.41, 5.74) is 0. The van der Waals surface area contributed by atoms with Crippen molar-refractivity contribution in [3.8, 4) is 11.5 Å². The Morgan fingerprint density at radius 3 is 2.18 bits per heavy atom. The van der Waals surface area contributed by atoms with Crippen molar-refractivity contribution in [3.05, 3.63) is 18.2 Å². The molecule has 0 spiro atoms. The van der Waals surface area contributed by atoms with E-state index in [1.807, 2.05) is 32.6 Å². The maximum absolute atomic E-state index is 13.0. The lowest BCUT2D eigenvalue weighted by Crippen LogP contribution is -2.48. The van der Waals surface area contributed by atoms with E-state index in [2.05, 4.69) is 0 Å². The maximum Gasteiger partial charge on any atom is 0.243 e. The summed E-state index contributed by atoms with van der Waals surface area (Å²) in [6.07, 6.45) is 1.08. The van der Waals surface area contributed by atoms with Crippen molar-refractivity contribution in [2.24, 2.45) is 5.92 Å². The predicted molar refractivity (Wildman–Crippen MR) is 106 cm³/mol. The molecule has 0 unspecified atom stereocenters. The Bertz CT molecular complexity index is 806. The molecule has 156 valence electrons. The van der Waals surface area contributed by atoms with Gasteiger partial charge in [0.1, 0.15) is 13.2 Å². The lowest BCUT2D eigenvalue weighted by Gasteiger charge is -2.37. The summed E-state index contributed by atoms with van der Waals surface area (Å²) < 4.78 is 38.5. The van der Waals surface area contributed by atoms with Gasteiger partial charge in [0.15, 0.2) is 11.5 Å². The molecule has 7 nitrogen and oxygen atoms in total. The standard InChI is InChI=1S/C20H30N2O5S/c1-14(2)22(15(3)4)20(23)16-7-9-21(10-8-16)28(24,25)17-5-6-18-19(13-17)27-12-11-26-18/h5-6,13-16H,7-12H2,1-4H3. The van der Waals surface area contributed by atoms with Gasteiger partial charge in [-0.15, -0.1) is 0 Å². The van der Waals surface area contributed by atoms with Gasteiger partial charge in [-0.2, -0.15) is 4.31 Å². The molecule has 2 aliphatic rings. The van der Waals surface area contributed by atoms with E-state index in [0.29, 0.717) is 50.6 Å². The summed E-state index contributed by atoms with van der Waals surface area (Å²) in [6, 6.07) is 4.99. The van der Waals surface area contributed by atoms with E-state index in [1.54, 1.807) is 12.1 Å². The molecule has 0 saturated carbocycles. The minimum atomic E-state index is -3.62. The summed E-state index contributed by atoms with van der Waals surface area (Å²) in [7, 11) is -3.62. The highest BCUT2D eigenvalue weighted by molar-refractivity contribution is 7.89. The zero-order chi connectivity index (χ0) is 20.5. The van der Waals surface area contributed by atoms with E-state index in [4.69, 9.17) is 9.47 Å². The number of rotatable bonds is 5. The molecule has 2 aliphatic heterocycles. The molecule has 2 heterocycles. The molecule has 8 heteroatoms. The number of hydrogen-bond acceptors (Lipinski definition) is 5. The fourth-order valence-corrected chi connectivity index (χ4v) is 5.48. The number of carbonyl (C=O) groups is 1. The number of ether oxygens (including phenoxy) is 2. The van der Waals surface area contributed by atoms with Gasteiger partial charge in [0, 0.05) is 37.2 Å². The molecule has 3 rings (SSSR count). The van der Waals surface area contributed by atoms with Crippen LogP contribution in [0.1, 0.15) is 40.5 Å². The Balaban J connectivity index is 1.69. The monoisotopic (exact) mass is 410 g/mol. The Kier molecular flexibility index (Phi) is 6.19. The molecule has 1 fully saturated rings. The molecule has 1 aromatic rings. The van der Waals surface area contributed by atoms with Crippen LogP contribution in [0, 0.1) is 5.92 Å². The summed E-state index contributed by atoms with van der Waals surface area (Å²) in [5, 5.41) is 0. The van der Waals surface area contributed by atoms with E-state index in [0.717, 1.165) is 0 Å². The van der Waals surface area contributed by atoms with Gasteiger partial charge in [0.05, 0.1) is 4.90 Å². The van der Waals surface area contributed by atoms with Gasteiger partial charge in [-0.05, 0) is 52.7 Å². The third kappa shape index (κ3) is 4.12. The van der Waals surface area contributed by atoms with Gasteiger partial charge in [0.25, 0.3) is 0 Å². The highest BCUT2D eigenvalue weighted by atomic mass is 32.2. The van der Waals surface area contributed by atoms with Crippen molar-refractivity contribution >= 4 is 15.9 Å². The van der Waals surface area contributed by atoms with Crippen LogP contribution in [0.2, 0.25) is 0 Å². The average molecular weight is 411 g/mol. The molecular weight excluding hydrogens is 380 g/mol. The number of carbonyl (C=O) groups excluding carboxylic acids is 1. The molecule has 1 aromatic carbocycles. The predicted octanol–water partition coefficient (Wildman–Crippen LogP) is 2.50. The first kappa shape index (κ1) is 20.9. The van der Waals surface area contributed by atoms with Crippen LogP contribution in [0.25, 0.3) is 0 Å². The fourth-order valence-electron chi connectivity index (χ4n) is 3.99. The van der Waals surface area contributed by atoms with E-state index >= 15 is 0 Å². The Morgan fingerprint density at radius 1 is 1.04 bits per heavy atom.